The molecule has 0 saturated carbocycles. The maximum Gasteiger partial charge on any atom is 0.261 e. The van der Waals surface area contributed by atoms with Crippen molar-refractivity contribution in [2.75, 3.05) is 13.2 Å². The second kappa shape index (κ2) is 5.07. The van der Waals surface area contributed by atoms with Gasteiger partial charge in [-0.2, -0.15) is 0 Å². The van der Waals surface area contributed by atoms with Crippen LogP contribution in [0.4, 0.5) is 0 Å². The summed E-state index contributed by atoms with van der Waals surface area (Å²) >= 11 is 0. The zero-order valence-corrected chi connectivity index (χ0v) is 8.53. The summed E-state index contributed by atoms with van der Waals surface area (Å²) in [5.74, 6) is 0. The molecule has 0 saturated heterocycles. The Morgan fingerprint density at radius 1 is 1.88 bits per heavy atom. The van der Waals surface area contributed by atoms with Crippen molar-refractivity contribution in [3.8, 4) is 0 Å². The van der Waals surface area contributed by atoms with E-state index in [1.165, 1.54) is 6.66 Å². The largest absolute Gasteiger partial charge is 0.334 e. The molecule has 0 fully saturated rings. The molecule has 0 aliphatic rings. The van der Waals surface area contributed by atoms with E-state index in [0.29, 0.717) is 6.54 Å². The first-order chi connectivity index (χ1) is 3.06. The third kappa shape index (κ3) is 10.3. The van der Waals surface area contributed by atoms with Crippen molar-refractivity contribution < 1.29 is 42.2 Å². The van der Waals surface area contributed by atoms with Gasteiger partial charge in [0.1, 0.15) is 0 Å². The number of rotatable bonds is 2. The summed E-state index contributed by atoms with van der Waals surface area (Å²) in [6.45, 7) is 4.86. The van der Waals surface area contributed by atoms with Crippen LogP contribution in [0.2, 0.25) is 0 Å². The van der Waals surface area contributed by atoms with Gasteiger partial charge in [0.25, 0.3) is 7.52 Å². The molecule has 0 amide bonds. The maximum absolute atomic E-state index is 10.2. The van der Waals surface area contributed by atoms with Crippen molar-refractivity contribution in [1.82, 2.24) is 5.09 Å². The van der Waals surface area contributed by atoms with Crippen LogP contribution in [0.15, 0.2) is 0 Å². The fraction of sp³-hybridized carbons (Fsp3) is 0.667. The Morgan fingerprint density at radius 3 is 2.25 bits per heavy atom. The molecule has 2 N–H and O–H groups in total. The molecule has 0 aliphatic heterocycles. The summed E-state index contributed by atoms with van der Waals surface area (Å²) in [5.41, 5.74) is 0. The van der Waals surface area contributed by atoms with E-state index in [4.69, 9.17) is 4.89 Å². The molecule has 0 aliphatic carbocycles. The minimum Gasteiger partial charge on any atom is -0.334 e. The molecular formula is C3H9NO2PY-. The van der Waals surface area contributed by atoms with Crippen molar-refractivity contribution >= 4 is 7.52 Å². The van der Waals surface area contributed by atoms with Crippen molar-refractivity contribution in [3.63, 3.8) is 0 Å². The molecular weight excluding hydrogens is 202 g/mol. The molecule has 0 rings (SSSR count). The Labute approximate surface area is 74.6 Å². The number of hydrogen-bond donors (Lipinski definition) is 2. The normalized spacial score (nSPS) is 16.4. The van der Waals surface area contributed by atoms with Gasteiger partial charge in [-0.15, -0.1) is 6.54 Å². The molecule has 0 aromatic carbocycles. The van der Waals surface area contributed by atoms with E-state index in [0.717, 1.165) is 0 Å². The van der Waals surface area contributed by atoms with Gasteiger partial charge >= 0.3 is 0 Å². The summed E-state index contributed by atoms with van der Waals surface area (Å²) in [6.07, 6.45) is 0. The standard InChI is InChI=1S/C3H9NO2P.Y/c1-3-4-7(2,5)6;/h1,3H2,2H3,(H2,4,5,6);/q-1;. The zero-order chi connectivity index (χ0) is 5.91. The number of nitrogens with one attached hydrogen (secondary N) is 1. The number of hydrogen-bond acceptors (Lipinski definition) is 1. The van der Waals surface area contributed by atoms with Crippen LogP contribution in [0.1, 0.15) is 0 Å². The Morgan fingerprint density at radius 2 is 2.25 bits per heavy atom. The fourth-order valence-corrected chi connectivity index (χ4v) is 0.622. The molecule has 0 bridgehead atoms. The molecule has 47 valence electrons. The molecule has 3 nitrogen and oxygen atoms in total. The smallest absolute Gasteiger partial charge is 0.261 e. The van der Waals surface area contributed by atoms with Gasteiger partial charge in [0.15, 0.2) is 0 Å². The second-order valence-electron chi connectivity index (χ2n) is 1.29. The Balaban J connectivity index is 0. The van der Waals surface area contributed by atoms with Gasteiger partial charge < -0.3 is 11.8 Å². The Kier molecular flexibility index (Phi) is 7.60. The summed E-state index contributed by atoms with van der Waals surface area (Å²) in [6, 6.07) is 0. The average molecular weight is 211 g/mol. The average Bonchev–Trinajstić information content (AvgIpc) is 1.30. The van der Waals surface area contributed by atoms with Gasteiger partial charge in [-0.05, 0) is 0 Å². The van der Waals surface area contributed by atoms with Crippen molar-refractivity contribution in [1.29, 1.82) is 0 Å². The SMILES string of the molecule is [CH2-]CNP(C)(=O)O.[Y]. The molecule has 1 unspecified atom stereocenters. The van der Waals surface area contributed by atoms with E-state index >= 15 is 0 Å². The van der Waals surface area contributed by atoms with E-state index in [9.17, 15) is 4.57 Å². The van der Waals surface area contributed by atoms with Gasteiger partial charge in [0.05, 0.1) is 0 Å². The van der Waals surface area contributed by atoms with E-state index in [1.807, 2.05) is 0 Å². The topological polar surface area (TPSA) is 49.3 Å². The summed E-state index contributed by atoms with van der Waals surface area (Å²) in [5, 5.41) is 2.28. The van der Waals surface area contributed by atoms with Crippen molar-refractivity contribution in [2.24, 2.45) is 0 Å². The molecule has 0 aromatic heterocycles. The summed E-state index contributed by atoms with van der Waals surface area (Å²) in [7, 11) is -2.98. The predicted molar refractivity (Wildman–Crippen MR) is 29.1 cm³/mol. The first kappa shape index (κ1) is 12.0. The zero-order valence-electron chi connectivity index (χ0n) is 4.79. The Bertz CT molecular complexity index is 91.3. The van der Waals surface area contributed by atoms with Crippen LogP contribution in [-0.4, -0.2) is 18.1 Å². The minimum atomic E-state index is -2.98. The van der Waals surface area contributed by atoms with Gasteiger partial charge in [-0.3, -0.25) is 9.65 Å². The van der Waals surface area contributed by atoms with Crippen LogP contribution in [0.25, 0.3) is 0 Å². The van der Waals surface area contributed by atoms with E-state index in [-0.39, 0.29) is 32.7 Å². The molecule has 0 spiro atoms. The second-order valence-corrected chi connectivity index (χ2v) is 3.36. The van der Waals surface area contributed by atoms with Crippen LogP contribution in [0, 0.1) is 6.92 Å². The van der Waals surface area contributed by atoms with Gasteiger partial charge in [0, 0.05) is 39.4 Å². The van der Waals surface area contributed by atoms with E-state index in [1.54, 1.807) is 0 Å². The van der Waals surface area contributed by atoms with Crippen LogP contribution in [0.5, 0.6) is 0 Å². The summed E-state index contributed by atoms with van der Waals surface area (Å²) in [4.78, 5) is 8.42. The molecule has 0 heterocycles. The Hall–Kier alpha value is 1.25. The van der Waals surface area contributed by atoms with Gasteiger partial charge in [0.2, 0.25) is 0 Å². The molecule has 1 radical (unpaired) electrons. The van der Waals surface area contributed by atoms with Crippen LogP contribution >= 0.6 is 7.52 Å². The van der Waals surface area contributed by atoms with Gasteiger partial charge in [-0.25, -0.2) is 0 Å². The van der Waals surface area contributed by atoms with E-state index < -0.39 is 7.52 Å². The molecule has 8 heavy (non-hydrogen) atoms. The first-order valence-electron chi connectivity index (χ1n) is 1.91. The molecule has 5 heteroatoms. The quantitative estimate of drug-likeness (QED) is 0.507. The molecule has 0 aromatic rings. The van der Waals surface area contributed by atoms with E-state index in [2.05, 4.69) is 12.0 Å². The predicted octanol–water partition coefficient (Wildman–Crippen LogP) is 0.223. The van der Waals surface area contributed by atoms with Gasteiger partial charge in [-0.1, -0.05) is 0 Å². The monoisotopic (exact) mass is 211 g/mol. The fourth-order valence-electron chi connectivity index (χ4n) is 0.207. The molecule has 1 atom stereocenters. The van der Waals surface area contributed by atoms with Crippen LogP contribution < -0.4 is 5.09 Å². The minimum absolute atomic E-state index is 0. The van der Waals surface area contributed by atoms with Crippen molar-refractivity contribution in [3.05, 3.63) is 6.92 Å². The first-order valence-corrected chi connectivity index (χ1v) is 4.01. The van der Waals surface area contributed by atoms with Crippen LogP contribution in [0.3, 0.4) is 0 Å². The third-order valence-corrected chi connectivity index (χ3v) is 1.22. The summed E-state index contributed by atoms with van der Waals surface area (Å²) < 4.78 is 10.2. The van der Waals surface area contributed by atoms with Crippen molar-refractivity contribution in [2.45, 2.75) is 0 Å². The third-order valence-electron chi connectivity index (χ3n) is 0.405. The van der Waals surface area contributed by atoms with Crippen LogP contribution in [-0.2, 0) is 37.3 Å². The maximum atomic E-state index is 10.2.